The molecule has 0 unspecified atom stereocenters. The average molecular weight is 362 g/mol. The van der Waals surface area contributed by atoms with Crippen molar-refractivity contribution in [3.8, 4) is 0 Å². The van der Waals surface area contributed by atoms with E-state index in [0.29, 0.717) is 15.8 Å². The molecule has 6 nitrogen and oxygen atoms in total. The molecule has 1 N–H and O–H groups in total. The monoisotopic (exact) mass is 361 g/mol. The Labute approximate surface area is 134 Å². The first-order valence-corrected chi connectivity index (χ1v) is 7.39. The highest BCUT2D eigenvalue weighted by molar-refractivity contribution is 9.10. The van der Waals surface area contributed by atoms with Crippen molar-refractivity contribution in [3.05, 3.63) is 57.4 Å². The fourth-order valence-electron chi connectivity index (χ4n) is 2.31. The Morgan fingerprint density at radius 3 is 2.77 bits per heavy atom. The van der Waals surface area contributed by atoms with Crippen LogP contribution in [0.25, 0.3) is 0 Å². The van der Waals surface area contributed by atoms with Crippen LogP contribution < -0.4 is 15.8 Å². The first-order valence-electron chi connectivity index (χ1n) is 6.60. The van der Waals surface area contributed by atoms with Gasteiger partial charge in [-0.2, -0.15) is 0 Å². The van der Waals surface area contributed by atoms with Gasteiger partial charge in [0, 0.05) is 16.7 Å². The number of nitrogens with one attached hydrogen (secondary N) is 1. The van der Waals surface area contributed by atoms with E-state index in [-0.39, 0.29) is 30.5 Å². The van der Waals surface area contributed by atoms with Gasteiger partial charge in [-0.25, -0.2) is 0 Å². The molecule has 0 fully saturated rings. The van der Waals surface area contributed by atoms with Crippen molar-refractivity contribution in [2.75, 3.05) is 16.8 Å². The van der Waals surface area contributed by atoms with E-state index in [4.69, 9.17) is 0 Å². The summed E-state index contributed by atoms with van der Waals surface area (Å²) < 4.78 is 2.01. The third-order valence-corrected chi connectivity index (χ3v) is 3.79. The minimum absolute atomic E-state index is 0.0569. The third-order valence-electron chi connectivity index (χ3n) is 3.32. The number of hydrogen-bond donors (Lipinski definition) is 1. The lowest BCUT2D eigenvalue weighted by Crippen LogP contribution is -2.44. The molecule has 1 aliphatic heterocycles. The average Bonchev–Trinajstić information content (AvgIpc) is 2.50. The van der Waals surface area contributed by atoms with E-state index in [1.807, 2.05) is 0 Å². The molecule has 3 rings (SSSR count). The molecule has 0 atom stereocenters. The summed E-state index contributed by atoms with van der Waals surface area (Å²) in [5.74, 6) is -0.573. The molecular weight excluding hydrogens is 350 g/mol. The van der Waals surface area contributed by atoms with Crippen LogP contribution in [0.15, 0.2) is 51.9 Å². The summed E-state index contributed by atoms with van der Waals surface area (Å²) in [4.78, 5) is 37.4. The highest BCUT2D eigenvalue weighted by Crippen LogP contribution is 2.28. The lowest BCUT2D eigenvalue weighted by Gasteiger charge is -2.29. The van der Waals surface area contributed by atoms with Crippen molar-refractivity contribution in [1.82, 2.24) is 4.57 Å². The third kappa shape index (κ3) is 2.80. The van der Waals surface area contributed by atoms with Crippen molar-refractivity contribution in [3.63, 3.8) is 0 Å². The zero-order valence-electron chi connectivity index (χ0n) is 11.5. The minimum Gasteiger partial charge on any atom is -0.323 e. The first-order chi connectivity index (χ1) is 10.5. The van der Waals surface area contributed by atoms with E-state index in [2.05, 4.69) is 21.2 Å². The molecular formula is C15H12BrN3O3. The summed E-state index contributed by atoms with van der Waals surface area (Å²) >= 11 is 3.27. The van der Waals surface area contributed by atoms with Gasteiger partial charge in [0.1, 0.15) is 13.1 Å². The zero-order chi connectivity index (χ0) is 15.7. The van der Waals surface area contributed by atoms with Crippen LogP contribution in [-0.2, 0) is 16.1 Å². The lowest BCUT2D eigenvalue weighted by atomic mass is 10.2. The molecule has 112 valence electrons. The molecule has 22 heavy (non-hydrogen) atoms. The second-order valence-electron chi connectivity index (χ2n) is 4.86. The topological polar surface area (TPSA) is 71.4 Å². The van der Waals surface area contributed by atoms with Crippen molar-refractivity contribution in [2.45, 2.75) is 6.54 Å². The van der Waals surface area contributed by atoms with Crippen LogP contribution in [0.1, 0.15) is 0 Å². The summed E-state index contributed by atoms with van der Waals surface area (Å²) in [6.07, 6.45) is 1.55. The number of pyridine rings is 1. The number of aromatic nitrogens is 1. The van der Waals surface area contributed by atoms with Crippen molar-refractivity contribution < 1.29 is 9.59 Å². The number of benzene rings is 1. The van der Waals surface area contributed by atoms with Crippen LogP contribution in [0.3, 0.4) is 0 Å². The molecule has 2 amide bonds. The van der Waals surface area contributed by atoms with Crippen LogP contribution in [0.4, 0.5) is 11.4 Å². The number of carbonyl (C=O) groups is 2. The number of halogens is 1. The smallest absolute Gasteiger partial charge is 0.251 e. The maximum Gasteiger partial charge on any atom is 0.251 e. The van der Waals surface area contributed by atoms with Crippen LogP contribution in [0.2, 0.25) is 0 Å². The summed E-state index contributed by atoms with van der Waals surface area (Å²) in [6, 6.07) is 10.1. The summed E-state index contributed by atoms with van der Waals surface area (Å²) in [5.41, 5.74) is 0.954. The second kappa shape index (κ2) is 5.76. The number of carbonyl (C=O) groups excluding carboxylic acids is 2. The fraction of sp³-hybridized carbons (Fsp3) is 0.133. The molecule has 2 heterocycles. The van der Waals surface area contributed by atoms with Gasteiger partial charge < -0.3 is 9.88 Å². The minimum atomic E-state index is -0.317. The highest BCUT2D eigenvalue weighted by Gasteiger charge is 2.26. The van der Waals surface area contributed by atoms with Gasteiger partial charge in [0.2, 0.25) is 11.8 Å². The largest absolute Gasteiger partial charge is 0.323 e. The molecule has 1 aromatic heterocycles. The Balaban J connectivity index is 1.91. The molecule has 1 aromatic carbocycles. The number of amides is 2. The molecule has 0 spiro atoms. The first kappa shape index (κ1) is 14.5. The summed E-state index contributed by atoms with van der Waals surface area (Å²) in [6.45, 7) is -0.182. The van der Waals surface area contributed by atoms with Crippen molar-refractivity contribution in [1.29, 1.82) is 0 Å². The molecule has 0 radical (unpaired) electrons. The number of para-hydroxylation sites is 2. The van der Waals surface area contributed by atoms with E-state index in [0.717, 1.165) is 0 Å². The van der Waals surface area contributed by atoms with Crippen LogP contribution >= 0.6 is 15.9 Å². The Morgan fingerprint density at radius 1 is 1.18 bits per heavy atom. The van der Waals surface area contributed by atoms with E-state index in [1.165, 1.54) is 15.5 Å². The number of anilines is 2. The van der Waals surface area contributed by atoms with Crippen LogP contribution in [0.5, 0.6) is 0 Å². The number of fused-ring (bicyclic) bond motifs is 1. The van der Waals surface area contributed by atoms with Gasteiger partial charge in [0.05, 0.1) is 11.4 Å². The number of rotatable bonds is 2. The Bertz CT molecular complexity index is 816. The maximum atomic E-state index is 12.5. The maximum absolute atomic E-state index is 12.5. The summed E-state index contributed by atoms with van der Waals surface area (Å²) in [5, 5.41) is 2.72. The van der Waals surface area contributed by atoms with Crippen molar-refractivity contribution >= 4 is 39.1 Å². The predicted molar refractivity (Wildman–Crippen MR) is 85.8 cm³/mol. The lowest BCUT2D eigenvalue weighted by molar-refractivity contribution is -0.122. The molecule has 7 heteroatoms. The number of nitrogens with zero attached hydrogens (tertiary/aromatic N) is 2. The Hall–Kier alpha value is -2.41. The molecule has 2 aromatic rings. The van der Waals surface area contributed by atoms with Gasteiger partial charge in [-0.15, -0.1) is 0 Å². The van der Waals surface area contributed by atoms with Gasteiger partial charge in [-0.1, -0.05) is 12.1 Å². The van der Waals surface area contributed by atoms with Gasteiger partial charge in [0.25, 0.3) is 5.56 Å². The van der Waals surface area contributed by atoms with Gasteiger partial charge in [-0.3, -0.25) is 19.3 Å². The standard InChI is InChI=1S/C15H12BrN3O3/c16-10-5-6-14(21)18(7-10)9-15(22)19-8-13(20)17-11-3-1-2-4-12(11)19/h1-7H,8-9H2,(H,17,20). The van der Waals surface area contributed by atoms with Crippen LogP contribution in [0, 0.1) is 0 Å². The summed E-state index contributed by atoms with van der Waals surface area (Å²) in [7, 11) is 0. The molecule has 0 saturated carbocycles. The normalized spacial score (nSPS) is 13.5. The van der Waals surface area contributed by atoms with Gasteiger partial charge in [-0.05, 0) is 34.1 Å². The molecule has 0 saturated heterocycles. The fourth-order valence-corrected chi connectivity index (χ4v) is 2.69. The molecule has 0 bridgehead atoms. The SMILES string of the molecule is O=C1CN(C(=O)Cn2cc(Br)ccc2=O)c2ccccc2N1. The van der Waals surface area contributed by atoms with Gasteiger partial charge >= 0.3 is 0 Å². The predicted octanol–water partition coefficient (Wildman–Crippen LogP) is 1.60. The second-order valence-corrected chi connectivity index (χ2v) is 5.77. The zero-order valence-corrected chi connectivity index (χ0v) is 13.0. The highest BCUT2D eigenvalue weighted by atomic mass is 79.9. The van der Waals surface area contributed by atoms with E-state index >= 15 is 0 Å². The van der Waals surface area contributed by atoms with E-state index in [1.54, 1.807) is 36.5 Å². The number of hydrogen-bond acceptors (Lipinski definition) is 3. The Kier molecular flexibility index (Phi) is 3.81. The van der Waals surface area contributed by atoms with E-state index in [9.17, 15) is 14.4 Å². The molecule has 0 aliphatic carbocycles. The van der Waals surface area contributed by atoms with Crippen LogP contribution in [-0.4, -0.2) is 22.9 Å². The quantitative estimate of drug-likeness (QED) is 0.882. The molecule has 1 aliphatic rings. The van der Waals surface area contributed by atoms with E-state index < -0.39 is 0 Å². The Morgan fingerprint density at radius 2 is 1.95 bits per heavy atom. The van der Waals surface area contributed by atoms with Crippen molar-refractivity contribution in [2.24, 2.45) is 0 Å². The van der Waals surface area contributed by atoms with Gasteiger partial charge in [0.15, 0.2) is 0 Å².